The molecule has 1 rings (SSSR count). The summed E-state index contributed by atoms with van der Waals surface area (Å²) in [4.78, 5) is 0. The molecular weight excluding hydrogens is 144 g/mol. The third kappa shape index (κ3) is 2.39. The smallest absolute Gasteiger partial charge is 0.0166 e. The minimum Gasteiger partial charge on any atom is -0.103 e. The van der Waals surface area contributed by atoms with Crippen LogP contribution in [-0.4, -0.2) is 0 Å². The fourth-order valence-corrected chi connectivity index (χ4v) is 1.08. The van der Waals surface area contributed by atoms with Gasteiger partial charge in [-0.15, -0.1) is 6.58 Å². The van der Waals surface area contributed by atoms with Crippen LogP contribution in [0.4, 0.5) is 0 Å². The minimum atomic E-state index is 0.945. The zero-order valence-corrected chi connectivity index (χ0v) is 7.46. The Labute approximate surface area is 74.2 Å². The van der Waals surface area contributed by atoms with E-state index in [0.29, 0.717) is 0 Å². The largest absolute Gasteiger partial charge is 0.103 e. The van der Waals surface area contributed by atoms with Crippen LogP contribution in [0.5, 0.6) is 0 Å². The summed E-state index contributed by atoms with van der Waals surface area (Å²) >= 11 is 0. The zero-order chi connectivity index (χ0) is 8.81. The maximum Gasteiger partial charge on any atom is -0.0166 e. The first-order valence-corrected chi connectivity index (χ1v) is 4.17. The molecule has 0 spiro atoms. The normalized spacial score (nSPS) is 11.2. The monoisotopic (exact) mass is 158 g/mol. The molecule has 0 atom stereocenters. The lowest BCUT2D eigenvalue weighted by molar-refractivity contribution is 1.39. The second-order valence-electron chi connectivity index (χ2n) is 2.78. The van der Waals surface area contributed by atoms with E-state index in [1.807, 2.05) is 12.1 Å². The molecule has 1 aromatic carbocycles. The Balaban J connectivity index is 2.77. The van der Waals surface area contributed by atoms with E-state index in [-0.39, 0.29) is 0 Å². The van der Waals surface area contributed by atoms with Gasteiger partial charge in [0, 0.05) is 0 Å². The van der Waals surface area contributed by atoms with E-state index in [4.69, 9.17) is 0 Å². The molecule has 0 aliphatic carbocycles. The Bertz CT molecular complexity index is 267. The average Bonchev–Trinajstić information content (AvgIpc) is 2.15. The third-order valence-corrected chi connectivity index (χ3v) is 1.82. The van der Waals surface area contributed by atoms with Crippen molar-refractivity contribution in [2.45, 2.75) is 13.3 Å². The molecule has 0 bridgehead atoms. The van der Waals surface area contributed by atoms with Crippen LogP contribution in [0.3, 0.4) is 0 Å². The van der Waals surface area contributed by atoms with Gasteiger partial charge in [-0.3, -0.25) is 0 Å². The molecule has 12 heavy (non-hydrogen) atoms. The fraction of sp³-hybridized carbons (Fsp3) is 0.167. The van der Waals surface area contributed by atoms with E-state index in [1.54, 1.807) is 0 Å². The van der Waals surface area contributed by atoms with E-state index >= 15 is 0 Å². The van der Waals surface area contributed by atoms with Gasteiger partial charge in [0.2, 0.25) is 0 Å². The number of allylic oxidation sites excluding steroid dienone is 3. The summed E-state index contributed by atoms with van der Waals surface area (Å²) in [5, 5.41) is 0. The summed E-state index contributed by atoms with van der Waals surface area (Å²) in [6, 6.07) is 10.4. The van der Waals surface area contributed by atoms with E-state index < -0.39 is 0 Å². The second kappa shape index (κ2) is 4.55. The second-order valence-corrected chi connectivity index (χ2v) is 2.78. The Morgan fingerprint density at radius 2 is 2.00 bits per heavy atom. The van der Waals surface area contributed by atoms with Crippen LogP contribution in [0.15, 0.2) is 49.1 Å². The van der Waals surface area contributed by atoms with Gasteiger partial charge in [0.25, 0.3) is 0 Å². The first-order valence-electron chi connectivity index (χ1n) is 4.17. The van der Waals surface area contributed by atoms with Crippen LogP contribution in [0.1, 0.15) is 18.9 Å². The van der Waals surface area contributed by atoms with Crippen LogP contribution in [-0.2, 0) is 0 Å². The summed E-state index contributed by atoms with van der Waals surface area (Å²) < 4.78 is 0. The van der Waals surface area contributed by atoms with Crippen molar-refractivity contribution in [2.24, 2.45) is 0 Å². The third-order valence-electron chi connectivity index (χ3n) is 1.82. The van der Waals surface area contributed by atoms with Crippen molar-refractivity contribution in [2.75, 3.05) is 0 Å². The van der Waals surface area contributed by atoms with Gasteiger partial charge >= 0.3 is 0 Å². The van der Waals surface area contributed by atoms with Crippen molar-refractivity contribution in [1.29, 1.82) is 0 Å². The van der Waals surface area contributed by atoms with Crippen molar-refractivity contribution >= 4 is 5.57 Å². The topological polar surface area (TPSA) is 0 Å². The molecule has 0 heteroatoms. The molecule has 0 amide bonds. The highest BCUT2D eigenvalue weighted by molar-refractivity contribution is 5.63. The highest BCUT2D eigenvalue weighted by atomic mass is 14.0. The van der Waals surface area contributed by atoms with Crippen LogP contribution in [0.2, 0.25) is 0 Å². The Morgan fingerprint density at radius 3 is 2.58 bits per heavy atom. The number of hydrogen-bond acceptors (Lipinski definition) is 0. The quantitative estimate of drug-likeness (QED) is 0.589. The molecule has 0 fully saturated rings. The fourth-order valence-electron chi connectivity index (χ4n) is 1.08. The summed E-state index contributed by atoms with van der Waals surface area (Å²) in [7, 11) is 0. The lowest BCUT2D eigenvalue weighted by Crippen LogP contribution is -1.76. The van der Waals surface area contributed by atoms with E-state index in [2.05, 4.69) is 43.8 Å². The van der Waals surface area contributed by atoms with Crippen molar-refractivity contribution in [3.63, 3.8) is 0 Å². The highest BCUT2D eigenvalue weighted by Gasteiger charge is 1.90. The van der Waals surface area contributed by atoms with Gasteiger partial charge in [-0.2, -0.15) is 0 Å². The van der Waals surface area contributed by atoms with Gasteiger partial charge in [0.15, 0.2) is 0 Å². The van der Waals surface area contributed by atoms with Gasteiger partial charge in [-0.05, 0) is 24.5 Å². The molecule has 0 unspecified atom stereocenters. The summed E-state index contributed by atoms with van der Waals surface area (Å²) in [5.41, 5.74) is 2.61. The molecule has 1 aromatic rings. The lowest BCUT2D eigenvalue weighted by atomic mass is 10.1. The molecule has 0 saturated heterocycles. The van der Waals surface area contributed by atoms with E-state index in [1.165, 1.54) is 11.1 Å². The standard InChI is InChI=1S/C12H14/c1-3-4-8-11(2)12-9-6-5-7-10-12/h3,5-10H,1,4H2,2H3/b11-8-. The number of benzene rings is 1. The Hall–Kier alpha value is -1.30. The molecule has 0 aromatic heterocycles. The SMILES string of the molecule is C=CC/C=C(/C)c1ccccc1. The zero-order valence-electron chi connectivity index (χ0n) is 7.46. The van der Waals surface area contributed by atoms with Crippen LogP contribution in [0, 0.1) is 0 Å². The highest BCUT2D eigenvalue weighted by Crippen LogP contribution is 2.12. The lowest BCUT2D eigenvalue weighted by Gasteiger charge is -1.98. The van der Waals surface area contributed by atoms with E-state index in [0.717, 1.165) is 6.42 Å². The first-order chi connectivity index (χ1) is 5.84. The summed E-state index contributed by atoms with van der Waals surface area (Å²) in [5.74, 6) is 0. The van der Waals surface area contributed by atoms with Crippen LogP contribution in [0.25, 0.3) is 5.57 Å². The molecule has 0 saturated carbocycles. The molecule has 0 heterocycles. The van der Waals surface area contributed by atoms with Crippen molar-refractivity contribution in [3.8, 4) is 0 Å². The van der Waals surface area contributed by atoms with E-state index in [9.17, 15) is 0 Å². The van der Waals surface area contributed by atoms with Gasteiger partial charge < -0.3 is 0 Å². The van der Waals surface area contributed by atoms with Crippen molar-refractivity contribution in [3.05, 3.63) is 54.6 Å². The maximum atomic E-state index is 3.68. The predicted molar refractivity (Wildman–Crippen MR) is 54.9 cm³/mol. The predicted octanol–water partition coefficient (Wildman–Crippen LogP) is 3.67. The molecule has 0 aliphatic heterocycles. The van der Waals surface area contributed by atoms with Gasteiger partial charge in [-0.25, -0.2) is 0 Å². The van der Waals surface area contributed by atoms with Crippen LogP contribution < -0.4 is 0 Å². The van der Waals surface area contributed by atoms with Gasteiger partial charge in [-0.1, -0.05) is 42.5 Å². The van der Waals surface area contributed by atoms with Gasteiger partial charge in [0.05, 0.1) is 0 Å². The number of rotatable bonds is 3. The average molecular weight is 158 g/mol. The summed E-state index contributed by atoms with van der Waals surface area (Å²) in [6.07, 6.45) is 5.04. The Morgan fingerprint density at radius 1 is 1.33 bits per heavy atom. The molecule has 0 nitrogen and oxygen atoms in total. The van der Waals surface area contributed by atoms with Crippen molar-refractivity contribution < 1.29 is 0 Å². The molecular formula is C12H14. The summed E-state index contributed by atoms with van der Waals surface area (Å²) in [6.45, 7) is 5.81. The molecule has 62 valence electrons. The minimum absolute atomic E-state index is 0.945. The molecule has 0 aliphatic rings. The van der Waals surface area contributed by atoms with Gasteiger partial charge in [0.1, 0.15) is 0 Å². The van der Waals surface area contributed by atoms with Crippen molar-refractivity contribution in [1.82, 2.24) is 0 Å². The Kier molecular flexibility index (Phi) is 3.34. The first kappa shape index (κ1) is 8.79. The molecule has 0 radical (unpaired) electrons. The molecule has 0 N–H and O–H groups in total. The van der Waals surface area contributed by atoms with Crippen LogP contribution >= 0.6 is 0 Å². The maximum absolute atomic E-state index is 3.68. The number of hydrogen-bond donors (Lipinski definition) is 0.